The van der Waals surface area contributed by atoms with Crippen molar-refractivity contribution in [2.75, 3.05) is 26.4 Å². The molecule has 1 fully saturated rings. The maximum atomic E-state index is 6.16. The van der Waals surface area contributed by atoms with Crippen molar-refractivity contribution in [3.05, 3.63) is 50.6 Å². The van der Waals surface area contributed by atoms with Crippen LogP contribution in [0.3, 0.4) is 0 Å². The molecule has 0 aromatic heterocycles. The molecule has 1 aliphatic rings. The molecule has 0 amide bonds. The third-order valence-corrected chi connectivity index (χ3v) is 7.56. The standard InChI is InChI=1S/C17H28O4Si/c1-5-12-18-17(19-13-6-2)11-9-10-16-22(17,20-14-7-3)21-15-8-4/h5-8H,1-4,9-16H2. The van der Waals surface area contributed by atoms with Crippen molar-refractivity contribution in [3.63, 3.8) is 0 Å². The van der Waals surface area contributed by atoms with Crippen molar-refractivity contribution >= 4 is 8.56 Å². The Hall–Kier alpha value is -0.983. The summed E-state index contributed by atoms with van der Waals surface area (Å²) in [6, 6.07) is 0.822. The van der Waals surface area contributed by atoms with Crippen molar-refractivity contribution in [1.29, 1.82) is 0 Å². The van der Waals surface area contributed by atoms with E-state index in [-0.39, 0.29) is 0 Å². The van der Waals surface area contributed by atoms with E-state index in [1.807, 2.05) is 0 Å². The van der Waals surface area contributed by atoms with Crippen LogP contribution in [0.25, 0.3) is 0 Å². The predicted octanol–water partition coefficient (Wildman–Crippen LogP) is 3.66. The van der Waals surface area contributed by atoms with Crippen LogP contribution in [0.1, 0.15) is 19.3 Å². The van der Waals surface area contributed by atoms with Crippen LogP contribution < -0.4 is 0 Å². The highest BCUT2D eigenvalue weighted by Crippen LogP contribution is 2.42. The van der Waals surface area contributed by atoms with Gasteiger partial charge in [0.1, 0.15) is 0 Å². The summed E-state index contributed by atoms with van der Waals surface area (Å²) in [6.45, 7) is 16.5. The predicted molar refractivity (Wildman–Crippen MR) is 91.7 cm³/mol. The molecule has 0 atom stereocenters. The van der Waals surface area contributed by atoms with Gasteiger partial charge in [-0.2, -0.15) is 0 Å². The van der Waals surface area contributed by atoms with Crippen LogP contribution in [-0.4, -0.2) is 40.4 Å². The molecule has 0 radical (unpaired) electrons. The smallest absolute Gasteiger partial charge is 0.387 e. The minimum Gasteiger partial charge on any atom is -0.387 e. The van der Waals surface area contributed by atoms with E-state index in [2.05, 4.69) is 26.3 Å². The Morgan fingerprint density at radius 3 is 1.73 bits per heavy atom. The lowest BCUT2D eigenvalue weighted by Crippen LogP contribution is -2.67. The first-order chi connectivity index (χ1) is 10.7. The van der Waals surface area contributed by atoms with Gasteiger partial charge in [-0.15, -0.1) is 26.3 Å². The van der Waals surface area contributed by atoms with Crippen molar-refractivity contribution < 1.29 is 18.3 Å². The van der Waals surface area contributed by atoms with Gasteiger partial charge < -0.3 is 18.3 Å². The van der Waals surface area contributed by atoms with E-state index >= 15 is 0 Å². The molecule has 5 heteroatoms. The SMILES string of the molecule is C=CCOC1(OCC=C)CCCC[Si]1(OCC=C)OCC=C. The topological polar surface area (TPSA) is 36.9 Å². The van der Waals surface area contributed by atoms with Crippen LogP contribution in [0.15, 0.2) is 50.6 Å². The van der Waals surface area contributed by atoms with Crippen molar-refractivity contribution in [1.82, 2.24) is 0 Å². The molecule has 1 saturated heterocycles. The fourth-order valence-corrected chi connectivity index (χ4v) is 6.53. The second-order valence-electron chi connectivity index (χ2n) is 5.11. The summed E-state index contributed by atoms with van der Waals surface area (Å²) in [5.74, 6) is 0. The highest BCUT2D eigenvalue weighted by molar-refractivity contribution is 6.70. The van der Waals surface area contributed by atoms with Crippen LogP contribution in [0.5, 0.6) is 0 Å². The van der Waals surface area contributed by atoms with Crippen LogP contribution in [0.4, 0.5) is 0 Å². The average molecular weight is 324 g/mol. The van der Waals surface area contributed by atoms with E-state index in [1.54, 1.807) is 24.3 Å². The summed E-state index contributed by atoms with van der Waals surface area (Å²) in [4.78, 5) is 0. The quantitative estimate of drug-likeness (QED) is 0.312. The van der Waals surface area contributed by atoms with Gasteiger partial charge in [0.05, 0.1) is 26.4 Å². The second-order valence-corrected chi connectivity index (χ2v) is 8.46. The Labute approximate surface area is 135 Å². The third-order valence-electron chi connectivity index (χ3n) is 3.58. The summed E-state index contributed by atoms with van der Waals surface area (Å²) < 4.78 is 24.5. The van der Waals surface area contributed by atoms with Gasteiger partial charge in [0.15, 0.2) is 0 Å². The Balaban J connectivity index is 3.13. The molecule has 0 aliphatic carbocycles. The zero-order chi connectivity index (χ0) is 16.3. The fourth-order valence-electron chi connectivity index (χ4n) is 2.68. The van der Waals surface area contributed by atoms with E-state index in [4.69, 9.17) is 18.3 Å². The summed E-state index contributed by atoms with van der Waals surface area (Å²) >= 11 is 0. The minimum atomic E-state index is -2.76. The van der Waals surface area contributed by atoms with Crippen molar-refractivity contribution in [3.8, 4) is 0 Å². The molecule has 0 bridgehead atoms. The molecule has 0 aromatic carbocycles. The lowest BCUT2D eigenvalue weighted by Gasteiger charge is -2.48. The Bertz CT molecular complexity index is 321. The number of hydrogen-bond acceptors (Lipinski definition) is 4. The van der Waals surface area contributed by atoms with Gasteiger partial charge in [0.25, 0.3) is 0 Å². The minimum absolute atomic E-state index is 0.390. The average Bonchev–Trinajstić information content (AvgIpc) is 2.56. The molecular weight excluding hydrogens is 296 g/mol. The maximum Gasteiger partial charge on any atom is 0.400 e. The first-order valence-corrected chi connectivity index (χ1v) is 9.72. The molecule has 4 nitrogen and oxygen atoms in total. The zero-order valence-electron chi connectivity index (χ0n) is 13.4. The van der Waals surface area contributed by atoms with Crippen LogP contribution >= 0.6 is 0 Å². The lowest BCUT2D eigenvalue weighted by atomic mass is 10.2. The highest BCUT2D eigenvalue weighted by atomic mass is 28.4. The monoisotopic (exact) mass is 324 g/mol. The van der Waals surface area contributed by atoms with Gasteiger partial charge in [-0.1, -0.05) is 30.7 Å². The van der Waals surface area contributed by atoms with Crippen LogP contribution in [-0.2, 0) is 18.3 Å². The largest absolute Gasteiger partial charge is 0.400 e. The van der Waals surface area contributed by atoms with Gasteiger partial charge in [-0.05, 0) is 12.5 Å². The molecule has 1 rings (SSSR count). The second kappa shape index (κ2) is 9.92. The molecule has 0 spiro atoms. The van der Waals surface area contributed by atoms with Crippen molar-refractivity contribution in [2.45, 2.75) is 30.7 Å². The molecule has 0 saturated carbocycles. The number of ether oxygens (including phenoxy) is 2. The normalized spacial score (nSPS) is 19.3. The molecular formula is C17H28O4Si. The lowest BCUT2D eigenvalue weighted by molar-refractivity contribution is -0.204. The molecule has 1 heterocycles. The van der Waals surface area contributed by atoms with E-state index in [0.717, 1.165) is 25.3 Å². The third kappa shape index (κ3) is 4.51. The number of hydrogen-bond donors (Lipinski definition) is 0. The molecule has 22 heavy (non-hydrogen) atoms. The van der Waals surface area contributed by atoms with Crippen LogP contribution in [0.2, 0.25) is 6.04 Å². The van der Waals surface area contributed by atoms with Crippen LogP contribution in [0, 0.1) is 0 Å². The van der Waals surface area contributed by atoms with Gasteiger partial charge >= 0.3 is 8.56 Å². The molecule has 0 N–H and O–H groups in total. The van der Waals surface area contributed by atoms with Gasteiger partial charge in [-0.3, -0.25) is 0 Å². The van der Waals surface area contributed by atoms with Crippen molar-refractivity contribution in [2.24, 2.45) is 0 Å². The summed E-state index contributed by atoms with van der Waals surface area (Å²) in [6.07, 6.45) is 9.69. The van der Waals surface area contributed by atoms with Gasteiger partial charge in [0, 0.05) is 6.42 Å². The Kier molecular flexibility index (Phi) is 8.59. The first-order valence-electron chi connectivity index (χ1n) is 7.69. The molecule has 124 valence electrons. The fraction of sp³-hybridized carbons (Fsp3) is 0.529. The van der Waals surface area contributed by atoms with E-state index < -0.39 is 14.0 Å². The zero-order valence-corrected chi connectivity index (χ0v) is 14.4. The summed E-state index contributed by atoms with van der Waals surface area (Å²) in [5, 5.41) is 0. The first kappa shape index (κ1) is 19.1. The highest BCUT2D eigenvalue weighted by Gasteiger charge is 2.61. The molecule has 0 aromatic rings. The molecule has 0 unspecified atom stereocenters. The van der Waals surface area contributed by atoms with E-state index in [9.17, 15) is 0 Å². The van der Waals surface area contributed by atoms with E-state index in [0.29, 0.717) is 26.4 Å². The summed E-state index contributed by atoms with van der Waals surface area (Å²) in [7, 11) is -2.76. The number of rotatable bonds is 12. The van der Waals surface area contributed by atoms with E-state index in [1.165, 1.54) is 0 Å². The Morgan fingerprint density at radius 1 is 0.773 bits per heavy atom. The van der Waals surface area contributed by atoms with Gasteiger partial charge in [0.2, 0.25) is 5.41 Å². The summed E-state index contributed by atoms with van der Waals surface area (Å²) in [5.41, 5.74) is -0.848. The Morgan fingerprint density at radius 2 is 1.27 bits per heavy atom. The molecule has 1 aliphatic heterocycles. The maximum absolute atomic E-state index is 6.16. The van der Waals surface area contributed by atoms with Gasteiger partial charge in [-0.25, -0.2) is 0 Å².